The highest BCUT2D eigenvalue weighted by molar-refractivity contribution is 6.10. The van der Waals surface area contributed by atoms with Crippen LogP contribution in [-0.4, -0.2) is 34.8 Å². The lowest BCUT2D eigenvalue weighted by Gasteiger charge is -2.36. The number of carbonyl (C=O) groups excluding carboxylic acids is 3. The first kappa shape index (κ1) is 16.5. The zero-order valence-corrected chi connectivity index (χ0v) is 14.1. The molecular formula is C18H23N3O3. The van der Waals surface area contributed by atoms with Crippen molar-refractivity contribution >= 4 is 23.5 Å². The monoisotopic (exact) mass is 329 g/mol. The average molecular weight is 329 g/mol. The number of aryl methyl sites for hydroxylation is 1. The molecule has 4 amide bonds. The van der Waals surface area contributed by atoms with Gasteiger partial charge in [-0.3, -0.25) is 14.5 Å². The number of anilines is 1. The lowest BCUT2D eigenvalue weighted by Crippen LogP contribution is -2.54. The normalized spacial score (nSPS) is 26.6. The SMILES string of the molecule is Cc1cccc(NC(=O)CN2C(=O)NC3(CCCCC3C)C2=O)c1. The number of rotatable bonds is 3. The van der Waals surface area contributed by atoms with Gasteiger partial charge in [-0.2, -0.15) is 0 Å². The summed E-state index contributed by atoms with van der Waals surface area (Å²) < 4.78 is 0. The number of imide groups is 1. The van der Waals surface area contributed by atoms with Gasteiger partial charge in [0.25, 0.3) is 5.91 Å². The molecule has 0 aromatic heterocycles. The van der Waals surface area contributed by atoms with Gasteiger partial charge in [-0.25, -0.2) is 4.79 Å². The summed E-state index contributed by atoms with van der Waals surface area (Å²) in [6, 6.07) is 6.93. The van der Waals surface area contributed by atoms with Gasteiger partial charge >= 0.3 is 6.03 Å². The Bertz CT molecular complexity index is 688. The number of hydrogen-bond acceptors (Lipinski definition) is 3. The molecule has 1 saturated heterocycles. The van der Waals surface area contributed by atoms with Gasteiger partial charge in [-0.05, 0) is 43.4 Å². The third kappa shape index (κ3) is 2.88. The van der Waals surface area contributed by atoms with E-state index in [0.29, 0.717) is 12.1 Å². The van der Waals surface area contributed by atoms with Gasteiger partial charge < -0.3 is 10.6 Å². The molecule has 0 radical (unpaired) electrons. The van der Waals surface area contributed by atoms with Crippen LogP contribution in [-0.2, 0) is 9.59 Å². The number of hydrogen-bond donors (Lipinski definition) is 2. The number of carbonyl (C=O) groups is 3. The predicted octanol–water partition coefficient (Wildman–Crippen LogP) is 2.43. The number of benzene rings is 1. The minimum absolute atomic E-state index is 0.0903. The highest BCUT2D eigenvalue weighted by Crippen LogP contribution is 2.38. The fraction of sp³-hybridized carbons (Fsp3) is 0.500. The predicted molar refractivity (Wildman–Crippen MR) is 90.4 cm³/mol. The molecular weight excluding hydrogens is 306 g/mol. The maximum absolute atomic E-state index is 12.8. The Morgan fingerprint density at radius 3 is 2.88 bits per heavy atom. The summed E-state index contributed by atoms with van der Waals surface area (Å²) in [7, 11) is 0. The van der Waals surface area contributed by atoms with E-state index in [1.165, 1.54) is 0 Å². The first-order chi connectivity index (χ1) is 11.4. The molecule has 1 aromatic rings. The van der Waals surface area contributed by atoms with E-state index in [-0.39, 0.29) is 24.3 Å². The van der Waals surface area contributed by atoms with Crippen molar-refractivity contribution in [2.45, 2.75) is 45.1 Å². The molecule has 2 unspecified atom stereocenters. The van der Waals surface area contributed by atoms with Crippen LogP contribution in [0.5, 0.6) is 0 Å². The Kier molecular flexibility index (Phi) is 4.30. The summed E-state index contributed by atoms with van der Waals surface area (Å²) in [6.45, 7) is 3.67. The third-order valence-electron chi connectivity index (χ3n) is 5.10. The van der Waals surface area contributed by atoms with Crippen molar-refractivity contribution in [2.24, 2.45) is 5.92 Å². The first-order valence-corrected chi connectivity index (χ1v) is 8.43. The van der Waals surface area contributed by atoms with Crippen molar-refractivity contribution in [3.05, 3.63) is 29.8 Å². The standard InChI is InChI=1S/C18H23N3O3/c1-12-6-5-8-14(10-12)19-15(22)11-21-16(23)18(20-17(21)24)9-4-3-7-13(18)2/h5-6,8,10,13H,3-4,7,9,11H2,1-2H3,(H,19,22)(H,20,24). The lowest BCUT2D eigenvalue weighted by atomic mass is 9.73. The third-order valence-corrected chi connectivity index (χ3v) is 5.10. The van der Waals surface area contributed by atoms with Crippen LogP contribution in [0.1, 0.15) is 38.2 Å². The van der Waals surface area contributed by atoms with Crippen LogP contribution in [0.2, 0.25) is 0 Å². The maximum Gasteiger partial charge on any atom is 0.325 e. The van der Waals surface area contributed by atoms with Crippen LogP contribution in [0.25, 0.3) is 0 Å². The van der Waals surface area contributed by atoms with Crippen LogP contribution >= 0.6 is 0 Å². The summed E-state index contributed by atoms with van der Waals surface area (Å²) in [4.78, 5) is 38.4. The molecule has 2 N–H and O–H groups in total. The minimum Gasteiger partial charge on any atom is -0.325 e. The summed E-state index contributed by atoms with van der Waals surface area (Å²) >= 11 is 0. The Labute approximate surface area is 141 Å². The van der Waals surface area contributed by atoms with E-state index in [1.807, 2.05) is 32.0 Å². The van der Waals surface area contributed by atoms with E-state index >= 15 is 0 Å². The molecule has 3 rings (SSSR count). The fourth-order valence-corrected chi connectivity index (χ4v) is 3.71. The number of urea groups is 1. The molecule has 1 aliphatic heterocycles. The van der Waals surface area contributed by atoms with Crippen molar-refractivity contribution in [3.63, 3.8) is 0 Å². The van der Waals surface area contributed by atoms with Crippen molar-refractivity contribution in [1.29, 1.82) is 0 Å². The van der Waals surface area contributed by atoms with Gasteiger partial charge in [0.05, 0.1) is 0 Å². The van der Waals surface area contributed by atoms with E-state index in [4.69, 9.17) is 0 Å². The van der Waals surface area contributed by atoms with Crippen molar-refractivity contribution in [3.8, 4) is 0 Å². The maximum atomic E-state index is 12.8. The molecule has 128 valence electrons. The first-order valence-electron chi connectivity index (χ1n) is 8.43. The molecule has 6 nitrogen and oxygen atoms in total. The lowest BCUT2D eigenvalue weighted by molar-refractivity contribution is -0.136. The molecule has 1 saturated carbocycles. The molecule has 2 atom stereocenters. The quantitative estimate of drug-likeness (QED) is 0.836. The van der Waals surface area contributed by atoms with E-state index < -0.39 is 11.6 Å². The average Bonchev–Trinajstić information content (AvgIpc) is 2.75. The fourth-order valence-electron chi connectivity index (χ4n) is 3.71. The van der Waals surface area contributed by atoms with Crippen LogP contribution in [0, 0.1) is 12.8 Å². The summed E-state index contributed by atoms with van der Waals surface area (Å²) in [5.74, 6) is -0.545. The zero-order valence-electron chi connectivity index (χ0n) is 14.1. The Morgan fingerprint density at radius 2 is 2.17 bits per heavy atom. The Balaban J connectivity index is 1.70. The smallest absolute Gasteiger partial charge is 0.325 e. The van der Waals surface area contributed by atoms with Crippen molar-refractivity contribution in [1.82, 2.24) is 10.2 Å². The Hall–Kier alpha value is -2.37. The summed E-state index contributed by atoms with van der Waals surface area (Å²) in [5, 5.41) is 5.60. The molecule has 1 heterocycles. The molecule has 1 aromatic carbocycles. The second-order valence-corrected chi connectivity index (χ2v) is 6.86. The second kappa shape index (κ2) is 6.26. The molecule has 24 heavy (non-hydrogen) atoms. The van der Waals surface area contributed by atoms with Gasteiger partial charge in [0.2, 0.25) is 5.91 Å². The van der Waals surface area contributed by atoms with Gasteiger partial charge in [0.1, 0.15) is 12.1 Å². The topological polar surface area (TPSA) is 78.5 Å². The van der Waals surface area contributed by atoms with Gasteiger partial charge in [-0.15, -0.1) is 0 Å². The van der Waals surface area contributed by atoms with Gasteiger partial charge in [-0.1, -0.05) is 31.9 Å². The highest BCUT2D eigenvalue weighted by atomic mass is 16.2. The number of nitrogens with one attached hydrogen (secondary N) is 2. The van der Waals surface area contributed by atoms with Crippen LogP contribution < -0.4 is 10.6 Å². The molecule has 6 heteroatoms. The van der Waals surface area contributed by atoms with Gasteiger partial charge in [0, 0.05) is 5.69 Å². The molecule has 1 spiro atoms. The van der Waals surface area contributed by atoms with Gasteiger partial charge in [0.15, 0.2) is 0 Å². The molecule has 1 aliphatic carbocycles. The zero-order chi connectivity index (χ0) is 17.3. The molecule has 0 bridgehead atoms. The van der Waals surface area contributed by atoms with Crippen molar-refractivity contribution < 1.29 is 14.4 Å². The number of amides is 4. The second-order valence-electron chi connectivity index (χ2n) is 6.86. The highest BCUT2D eigenvalue weighted by Gasteiger charge is 2.55. The minimum atomic E-state index is -0.820. The number of nitrogens with zero attached hydrogens (tertiary/aromatic N) is 1. The van der Waals surface area contributed by atoms with E-state index in [9.17, 15) is 14.4 Å². The Morgan fingerprint density at radius 1 is 1.38 bits per heavy atom. The largest absolute Gasteiger partial charge is 0.325 e. The summed E-state index contributed by atoms with van der Waals surface area (Å²) in [5.41, 5.74) is 0.865. The van der Waals surface area contributed by atoms with E-state index in [0.717, 1.165) is 29.7 Å². The van der Waals surface area contributed by atoms with Crippen LogP contribution in [0.4, 0.5) is 10.5 Å². The van der Waals surface area contributed by atoms with Crippen LogP contribution in [0.3, 0.4) is 0 Å². The summed E-state index contributed by atoms with van der Waals surface area (Å²) in [6.07, 6.45) is 3.55. The molecule has 2 aliphatic rings. The van der Waals surface area contributed by atoms with Crippen molar-refractivity contribution in [2.75, 3.05) is 11.9 Å². The molecule has 2 fully saturated rings. The van der Waals surface area contributed by atoms with Crippen LogP contribution in [0.15, 0.2) is 24.3 Å². The van der Waals surface area contributed by atoms with E-state index in [1.54, 1.807) is 6.07 Å². The van der Waals surface area contributed by atoms with E-state index in [2.05, 4.69) is 10.6 Å².